The van der Waals surface area contributed by atoms with Crippen molar-refractivity contribution in [3.63, 3.8) is 0 Å². The van der Waals surface area contributed by atoms with E-state index in [1.54, 1.807) is 6.07 Å². The highest BCUT2D eigenvalue weighted by molar-refractivity contribution is 5.82. The number of para-hydroxylation sites is 2. The molecule has 0 radical (unpaired) electrons. The number of ether oxygens (including phenoxy) is 2. The predicted octanol–water partition coefficient (Wildman–Crippen LogP) is 4.37. The highest BCUT2D eigenvalue weighted by Crippen LogP contribution is 2.31. The van der Waals surface area contributed by atoms with Crippen LogP contribution in [0.25, 0.3) is 11.1 Å². The first-order valence-corrected chi connectivity index (χ1v) is 9.05. The summed E-state index contributed by atoms with van der Waals surface area (Å²) in [6.45, 7) is 2.18. The van der Waals surface area contributed by atoms with Crippen LogP contribution < -0.4 is 14.8 Å². The lowest BCUT2D eigenvalue weighted by Crippen LogP contribution is -2.44. The van der Waals surface area contributed by atoms with Crippen molar-refractivity contribution in [2.45, 2.75) is 19.1 Å². The van der Waals surface area contributed by atoms with Crippen LogP contribution in [-0.4, -0.2) is 18.6 Å². The Bertz CT molecular complexity index is 922. The number of rotatable bonds is 4. The molecule has 1 N–H and O–H groups in total. The van der Waals surface area contributed by atoms with Gasteiger partial charge in [0.25, 0.3) is 5.91 Å². The standard InChI is InChI=1S/C23H21NO3/c1-16(17-11-13-19(14-12-17)18-7-3-2-4-8-18)24-23(25)22-15-26-20-9-5-6-10-21(20)27-22/h2-14,16,22H,15H2,1H3,(H,24,25)/t16-,22-/m1/s1. The Morgan fingerprint density at radius 3 is 2.26 bits per heavy atom. The largest absolute Gasteiger partial charge is 0.485 e. The number of carbonyl (C=O) groups excluding carboxylic acids is 1. The van der Waals surface area contributed by atoms with Crippen molar-refractivity contribution in [2.24, 2.45) is 0 Å². The third-order valence-corrected chi connectivity index (χ3v) is 4.68. The quantitative estimate of drug-likeness (QED) is 0.752. The summed E-state index contributed by atoms with van der Waals surface area (Å²) in [7, 11) is 0. The van der Waals surface area contributed by atoms with Crippen LogP contribution in [0.3, 0.4) is 0 Å². The molecule has 0 saturated carbocycles. The molecule has 3 aromatic carbocycles. The SMILES string of the molecule is C[C@@H](NC(=O)[C@H]1COc2ccccc2O1)c1ccc(-c2ccccc2)cc1. The molecule has 136 valence electrons. The fourth-order valence-corrected chi connectivity index (χ4v) is 3.13. The first-order chi connectivity index (χ1) is 13.2. The number of hydrogen-bond donors (Lipinski definition) is 1. The lowest BCUT2D eigenvalue weighted by atomic mass is 10.0. The van der Waals surface area contributed by atoms with E-state index >= 15 is 0 Å². The Labute approximate surface area is 158 Å². The highest BCUT2D eigenvalue weighted by atomic mass is 16.6. The van der Waals surface area contributed by atoms with Gasteiger partial charge in [-0.25, -0.2) is 0 Å². The third kappa shape index (κ3) is 3.80. The van der Waals surface area contributed by atoms with E-state index in [-0.39, 0.29) is 18.6 Å². The van der Waals surface area contributed by atoms with E-state index in [1.165, 1.54) is 5.56 Å². The minimum atomic E-state index is -0.647. The van der Waals surface area contributed by atoms with Gasteiger partial charge >= 0.3 is 0 Å². The normalized spacial score (nSPS) is 16.4. The number of benzene rings is 3. The summed E-state index contributed by atoms with van der Waals surface area (Å²) >= 11 is 0. The molecular weight excluding hydrogens is 338 g/mol. The molecule has 4 heteroatoms. The Morgan fingerprint density at radius 2 is 1.52 bits per heavy atom. The van der Waals surface area contributed by atoms with Crippen molar-refractivity contribution in [1.82, 2.24) is 5.32 Å². The predicted molar refractivity (Wildman–Crippen MR) is 105 cm³/mol. The van der Waals surface area contributed by atoms with E-state index in [2.05, 4.69) is 29.6 Å². The van der Waals surface area contributed by atoms with Gasteiger partial charge in [0, 0.05) is 0 Å². The van der Waals surface area contributed by atoms with Crippen molar-refractivity contribution in [2.75, 3.05) is 6.61 Å². The monoisotopic (exact) mass is 359 g/mol. The molecule has 27 heavy (non-hydrogen) atoms. The molecule has 2 atom stereocenters. The minimum absolute atomic E-state index is 0.122. The van der Waals surface area contributed by atoms with Gasteiger partial charge in [-0.15, -0.1) is 0 Å². The van der Waals surface area contributed by atoms with Crippen LogP contribution in [0.15, 0.2) is 78.9 Å². The lowest BCUT2D eigenvalue weighted by Gasteiger charge is -2.26. The zero-order chi connectivity index (χ0) is 18.6. The number of carbonyl (C=O) groups is 1. The fraction of sp³-hybridized carbons (Fsp3) is 0.174. The van der Waals surface area contributed by atoms with E-state index in [0.717, 1.165) is 11.1 Å². The molecule has 0 saturated heterocycles. The van der Waals surface area contributed by atoms with Crippen LogP contribution in [0.4, 0.5) is 0 Å². The van der Waals surface area contributed by atoms with E-state index < -0.39 is 6.10 Å². The maximum Gasteiger partial charge on any atom is 0.265 e. The van der Waals surface area contributed by atoms with Crippen molar-refractivity contribution in [3.05, 3.63) is 84.4 Å². The summed E-state index contributed by atoms with van der Waals surface area (Å²) in [4.78, 5) is 12.6. The molecule has 0 bridgehead atoms. The smallest absolute Gasteiger partial charge is 0.265 e. The van der Waals surface area contributed by atoms with Gasteiger partial charge in [-0.1, -0.05) is 66.7 Å². The summed E-state index contributed by atoms with van der Waals surface area (Å²) in [6.07, 6.45) is -0.647. The number of fused-ring (bicyclic) bond motifs is 1. The molecule has 1 aliphatic rings. The van der Waals surface area contributed by atoms with Gasteiger partial charge in [0.1, 0.15) is 6.61 Å². The van der Waals surface area contributed by atoms with Crippen LogP contribution >= 0.6 is 0 Å². The van der Waals surface area contributed by atoms with Crippen LogP contribution in [0.2, 0.25) is 0 Å². The van der Waals surface area contributed by atoms with Crippen LogP contribution in [-0.2, 0) is 4.79 Å². The molecule has 0 aromatic heterocycles. The summed E-state index contributed by atoms with van der Waals surface area (Å²) in [6, 6.07) is 25.7. The van der Waals surface area contributed by atoms with E-state index in [4.69, 9.17) is 9.47 Å². The molecule has 1 heterocycles. The Balaban J connectivity index is 1.40. The van der Waals surface area contributed by atoms with Crippen molar-refractivity contribution in [3.8, 4) is 22.6 Å². The van der Waals surface area contributed by atoms with Crippen molar-refractivity contribution < 1.29 is 14.3 Å². The molecule has 4 rings (SSSR count). The molecule has 1 aliphatic heterocycles. The van der Waals surface area contributed by atoms with Crippen LogP contribution in [0, 0.1) is 0 Å². The topological polar surface area (TPSA) is 47.6 Å². The Hall–Kier alpha value is -3.27. The van der Waals surface area contributed by atoms with Gasteiger partial charge < -0.3 is 14.8 Å². The third-order valence-electron chi connectivity index (χ3n) is 4.68. The highest BCUT2D eigenvalue weighted by Gasteiger charge is 2.28. The van der Waals surface area contributed by atoms with Crippen LogP contribution in [0.1, 0.15) is 18.5 Å². The summed E-state index contributed by atoms with van der Waals surface area (Å²) in [5.41, 5.74) is 3.37. The second kappa shape index (κ2) is 7.54. The summed E-state index contributed by atoms with van der Waals surface area (Å²) in [5.74, 6) is 1.10. The van der Waals surface area contributed by atoms with Gasteiger partial charge in [0.05, 0.1) is 6.04 Å². The van der Waals surface area contributed by atoms with Gasteiger partial charge in [0.2, 0.25) is 6.10 Å². The number of hydrogen-bond acceptors (Lipinski definition) is 3. The average Bonchev–Trinajstić information content (AvgIpc) is 2.74. The van der Waals surface area contributed by atoms with Crippen LogP contribution in [0.5, 0.6) is 11.5 Å². The number of nitrogens with one attached hydrogen (secondary N) is 1. The van der Waals surface area contributed by atoms with E-state index in [1.807, 2.05) is 55.5 Å². The average molecular weight is 359 g/mol. The first-order valence-electron chi connectivity index (χ1n) is 9.05. The molecule has 0 unspecified atom stereocenters. The van der Waals surface area contributed by atoms with E-state index in [0.29, 0.717) is 11.5 Å². The van der Waals surface area contributed by atoms with Gasteiger partial charge in [-0.05, 0) is 35.7 Å². The Kier molecular flexibility index (Phi) is 4.79. The second-order valence-electron chi connectivity index (χ2n) is 6.58. The number of amides is 1. The summed E-state index contributed by atoms with van der Waals surface area (Å²) < 4.78 is 11.4. The van der Waals surface area contributed by atoms with Gasteiger partial charge in [-0.3, -0.25) is 4.79 Å². The molecular formula is C23H21NO3. The molecule has 0 spiro atoms. The van der Waals surface area contributed by atoms with E-state index in [9.17, 15) is 4.79 Å². The maximum absolute atomic E-state index is 12.6. The molecule has 3 aromatic rings. The second-order valence-corrected chi connectivity index (χ2v) is 6.58. The lowest BCUT2D eigenvalue weighted by molar-refractivity contribution is -0.131. The maximum atomic E-state index is 12.6. The fourth-order valence-electron chi connectivity index (χ4n) is 3.13. The molecule has 1 amide bonds. The zero-order valence-corrected chi connectivity index (χ0v) is 15.1. The summed E-state index contributed by atoms with van der Waals surface area (Å²) in [5, 5.41) is 3.01. The molecule has 0 aliphatic carbocycles. The minimum Gasteiger partial charge on any atom is -0.485 e. The first kappa shape index (κ1) is 17.2. The van der Waals surface area contributed by atoms with Crippen molar-refractivity contribution >= 4 is 5.91 Å². The molecule has 4 nitrogen and oxygen atoms in total. The molecule has 0 fully saturated rings. The van der Waals surface area contributed by atoms with Gasteiger partial charge in [-0.2, -0.15) is 0 Å². The zero-order valence-electron chi connectivity index (χ0n) is 15.1. The van der Waals surface area contributed by atoms with Gasteiger partial charge in [0.15, 0.2) is 11.5 Å². The van der Waals surface area contributed by atoms with Crippen molar-refractivity contribution in [1.29, 1.82) is 0 Å². The Morgan fingerprint density at radius 1 is 0.889 bits per heavy atom.